The SMILES string of the molecule is C=CCSCC(=O)N1CCCCC1C. The summed E-state index contributed by atoms with van der Waals surface area (Å²) in [7, 11) is 0. The minimum atomic E-state index is 0.295. The van der Waals surface area contributed by atoms with Crippen LogP contribution in [0, 0.1) is 0 Å². The van der Waals surface area contributed by atoms with Crippen LogP contribution in [0.25, 0.3) is 0 Å². The number of nitrogens with zero attached hydrogens (tertiary/aromatic N) is 1. The Morgan fingerprint density at radius 2 is 2.43 bits per heavy atom. The molecule has 1 saturated heterocycles. The van der Waals surface area contributed by atoms with Crippen LogP contribution in [0.5, 0.6) is 0 Å². The zero-order chi connectivity index (χ0) is 10.4. The van der Waals surface area contributed by atoms with E-state index in [2.05, 4.69) is 13.5 Å². The third-order valence-electron chi connectivity index (χ3n) is 2.58. The van der Waals surface area contributed by atoms with E-state index in [1.54, 1.807) is 11.8 Å². The van der Waals surface area contributed by atoms with Gasteiger partial charge in [0.25, 0.3) is 0 Å². The fourth-order valence-electron chi connectivity index (χ4n) is 1.78. The number of thioether (sulfide) groups is 1. The molecule has 1 heterocycles. The molecule has 1 aliphatic heterocycles. The van der Waals surface area contributed by atoms with Gasteiger partial charge in [0, 0.05) is 18.3 Å². The molecule has 1 unspecified atom stereocenters. The van der Waals surface area contributed by atoms with Gasteiger partial charge in [-0.15, -0.1) is 18.3 Å². The number of piperidine rings is 1. The quantitative estimate of drug-likeness (QED) is 0.527. The average Bonchev–Trinajstić information content (AvgIpc) is 2.18. The molecule has 0 N–H and O–H groups in total. The fraction of sp³-hybridized carbons (Fsp3) is 0.727. The van der Waals surface area contributed by atoms with Gasteiger partial charge in [0.2, 0.25) is 5.91 Å². The summed E-state index contributed by atoms with van der Waals surface area (Å²) >= 11 is 1.65. The van der Waals surface area contributed by atoms with E-state index >= 15 is 0 Å². The molecule has 0 aliphatic carbocycles. The number of amides is 1. The Morgan fingerprint density at radius 3 is 3.07 bits per heavy atom. The maximum Gasteiger partial charge on any atom is 0.232 e. The Bertz CT molecular complexity index is 205. The van der Waals surface area contributed by atoms with Gasteiger partial charge in [0.05, 0.1) is 5.75 Å². The first-order chi connectivity index (χ1) is 6.75. The van der Waals surface area contributed by atoms with E-state index in [1.165, 1.54) is 12.8 Å². The number of carbonyl (C=O) groups is 1. The third kappa shape index (κ3) is 3.37. The second-order valence-electron chi connectivity index (χ2n) is 3.74. The summed E-state index contributed by atoms with van der Waals surface area (Å²) in [5.41, 5.74) is 0. The van der Waals surface area contributed by atoms with Crippen molar-refractivity contribution in [2.45, 2.75) is 32.2 Å². The van der Waals surface area contributed by atoms with Crippen molar-refractivity contribution in [3.63, 3.8) is 0 Å². The highest BCUT2D eigenvalue weighted by atomic mass is 32.2. The standard InChI is InChI=1S/C11H19NOS/c1-3-8-14-9-11(13)12-7-5-4-6-10(12)2/h3,10H,1,4-9H2,2H3. The predicted octanol–water partition coefficient (Wildman–Crippen LogP) is 2.31. The van der Waals surface area contributed by atoms with Crippen LogP contribution in [0.3, 0.4) is 0 Å². The summed E-state index contributed by atoms with van der Waals surface area (Å²) in [6.07, 6.45) is 5.45. The van der Waals surface area contributed by atoms with Crippen molar-refractivity contribution in [1.29, 1.82) is 0 Å². The molecule has 3 heteroatoms. The van der Waals surface area contributed by atoms with E-state index in [0.717, 1.165) is 18.7 Å². The van der Waals surface area contributed by atoms with E-state index in [9.17, 15) is 4.79 Å². The van der Waals surface area contributed by atoms with Gasteiger partial charge in [-0.25, -0.2) is 0 Å². The highest BCUT2D eigenvalue weighted by Gasteiger charge is 2.22. The van der Waals surface area contributed by atoms with Crippen LogP contribution in [-0.2, 0) is 4.79 Å². The number of hydrogen-bond acceptors (Lipinski definition) is 2. The fourth-order valence-corrected chi connectivity index (χ4v) is 2.41. The molecular weight excluding hydrogens is 194 g/mol. The smallest absolute Gasteiger partial charge is 0.232 e. The van der Waals surface area contributed by atoms with Crippen molar-refractivity contribution >= 4 is 17.7 Å². The molecule has 2 nitrogen and oxygen atoms in total. The molecule has 1 atom stereocenters. The number of rotatable bonds is 4. The van der Waals surface area contributed by atoms with Crippen molar-refractivity contribution in [2.75, 3.05) is 18.1 Å². The van der Waals surface area contributed by atoms with Gasteiger partial charge in [-0.1, -0.05) is 6.08 Å². The molecule has 1 amide bonds. The van der Waals surface area contributed by atoms with Crippen LogP contribution >= 0.6 is 11.8 Å². The summed E-state index contributed by atoms with van der Waals surface area (Å²) < 4.78 is 0. The van der Waals surface area contributed by atoms with Crippen LogP contribution in [0.15, 0.2) is 12.7 Å². The van der Waals surface area contributed by atoms with E-state index in [-0.39, 0.29) is 0 Å². The summed E-state index contributed by atoms with van der Waals surface area (Å²) in [6, 6.07) is 0.445. The second-order valence-corrected chi connectivity index (χ2v) is 4.77. The molecule has 1 rings (SSSR count). The minimum absolute atomic E-state index is 0.295. The summed E-state index contributed by atoms with van der Waals surface area (Å²) in [5.74, 6) is 1.77. The second kappa shape index (κ2) is 6.12. The molecule has 0 aromatic carbocycles. The largest absolute Gasteiger partial charge is 0.339 e. The first kappa shape index (κ1) is 11.6. The average molecular weight is 213 g/mol. The molecule has 0 bridgehead atoms. The molecule has 14 heavy (non-hydrogen) atoms. The van der Waals surface area contributed by atoms with E-state index < -0.39 is 0 Å². The Labute approximate surface area is 90.7 Å². The van der Waals surface area contributed by atoms with Crippen LogP contribution < -0.4 is 0 Å². The lowest BCUT2D eigenvalue weighted by atomic mass is 10.0. The van der Waals surface area contributed by atoms with Gasteiger partial charge in [-0.05, 0) is 26.2 Å². The Morgan fingerprint density at radius 1 is 1.64 bits per heavy atom. The lowest BCUT2D eigenvalue weighted by Gasteiger charge is -2.33. The van der Waals surface area contributed by atoms with E-state index in [1.807, 2.05) is 11.0 Å². The maximum atomic E-state index is 11.8. The zero-order valence-corrected chi connectivity index (χ0v) is 9.68. The van der Waals surface area contributed by atoms with Crippen molar-refractivity contribution in [1.82, 2.24) is 4.90 Å². The summed E-state index contributed by atoms with van der Waals surface area (Å²) in [4.78, 5) is 13.8. The maximum absolute atomic E-state index is 11.8. The lowest BCUT2D eigenvalue weighted by molar-refractivity contribution is -0.131. The van der Waals surface area contributed by atoms with Gasteiger partial charge in [-0.3, -0.25) is 4.79 Å². The highest BCUT2D eigenvalue weighted by molar-refractivity contribution is 8.00. The Hall–Kier alpha value is -0.440. The molecule has 0 radical (unpaired) electrons. The molecular formula is C11H19NOS. The normalized spacial score (nSPS) is 22.1. The van der Waals surface area contributed by atoms with Crippen LogP contribution in [0.1, 0.15) is 26.2 Å². The van der Waals surface area contributed by atoms with Crippen LogP contribution in [0.4, 0.5) is 0 Å². The number of hydrogen-bond donors (Lipinski definition) is 0. The Balaban J connectivity index is 2.30. The predicted molar refractivity (Wildman–Crippen MR) is 62.5 cm³/mol. The lowest BCUT2D eigenvalue weighted by Crippen LogP contribution is -2.42. The zero-order valence-electron chi connectivity index (χ0n) is 8.87. The molecule has 0 saturated carbocycles. The van der Waals surface area contributed by atoms with Gasteiger partial charge in [0.1, 0.15) is 0 Å². The van der Waals surface area contributed by atoms with Crippen LogP contribution in [0.2, 0.25) is 0 Å². The molecule has 0 spiro atoms. The first-order valence-electron chi connectivity index (χ1n) is 5.24. The first-order valence-corrected chi connectivity index (χ1v) is 6.39. The van der Waals surface area contributed by atoms with Crippen molar-refractivity contribution in [2.24, 2.45) is 0 Å². The van der Waals surface area contributed by atoms with Gasteiger partial charge < -0.3 is 4.90 Å². The minimum Gasteiger partial charge on any atom is -0.339 e. The number of likely N-dealkylation sites (tertiary alicyclic amines) is 1. The molecule has 0 aromatic heterocycles. The third-order valence-corrected chi connectivity index (χ3v) is 3.51. The summed E-state index contributed by atoms with van der Waals surface area (Å²) in [6.45, 7) is 6.74. The molecule has 0 aromatic rings. The monoisotopic (exact) mass is 213 g/mol. The molecule has 1 aliphatic rings. The summed E-state index contributed by atoms with van der Waals surface area (Å²) in [5, 5.41) is 0. The van der Waals surface area contributed by atoms with Crippen molar-refractivity contribution < 1.29 is 4.79 Å². The molecule has 80 valence electrons. The number of carbonyl (C=O) groups excluding carboxylic acids is 1. The van der Waals surface area contributed by atoms with Gasteiger partial charge >= 0.3 is 0 Å². The Kier molecular flexibility index (Phi) is 5.09. The van der Waals surface area contributed by atoms with Gasteiger partial charge in [-0.2, -0.15) is 0 Å². The molecule has 1 fully saturated rings. The van der Waals surface area contributed by atoms with E-state index in [0.29, 0.717) is 17.7 Å². The topological polar surface area (TPSA) is 20.3 Å². The van der Waals surface area contributed by atoms with E-state index in [4.69, 9.17) is 0 Å². The van der Waals surface area contributed by atoms with Gasteiger partial charge in [0.15, 0.2) is 0 Å². The van der Waals surface area contributed by atoms with Crippen molar-refractivity contribution in [3.8, 4) is 0 Å². The highest BCUT2D eigenvalue weighted by Crippen LogP contribution is 2.17. The van der Waals surface area contributed by atoms with Crippen LogP contribution in [-0.4, -0.2) is 34.9 Å². The van der Waals surface area contributed by atoms with Crippen molar-refractivity contribution in [3.05, 3.63) is 12.7 Å².